The average molecular weight is 262 g/mol. The zero-order chi connectivity index (χ0) is 13.0. The topological polar surface area (TPSA) is 24.5 Å². The van der Waals surface area contributed by atoms with Crippen molar-refractivity contribution in [2.45, 2.75) is 25.3 Å². The second kappa shape index (κ2) is 4.02. The fourth-order valence-electron chi connectivity index (χ4n) is 4.25. The Morgan fingerprint density at radius 1 is 1.37 bits per heavy atom. The molecule has 2 heterocycles. The minimum Gasteiger partial charge on any atom is -0.494 e. The van der Waals surface area contributed by atoms with Crippen molar-refractivity contribution in [2.24, 2.45) is 11.8 Å². The van der Waals surface area contributed by atoms with Gasteiger partial charge in [0.1, 0.15) is 0 Å². The van der Waals surface area contributed by atoms with Crippen molar-refractivity contribution in [3.63, 3.8) is 0 Å². The molecule has 4 heteroatoms. The molecule has 3 aliphatic rings. The second-order valence-electron chi connectivity index (χ2n) is 5.96. The molecule has 1 saturated carbocycles. The molecule has 3 nitrogen and oxygen atoms in total. The van der Waals surface area contributed by atoms with Crippen molar-refractivity contribution in [1.29, 1.82) is 0 Å². The molecule has 1 aliphatic carbocycles. The number of ether oxygens (including phenoxy) is 1. The number of hydrogen-bond acceptors (Lipinski definition) is 3. The third-order valence-electron chi connectivity index (χ3n) is 5.12. The normalized spacial score (nSPS) is 31.5. The molecule has 3 unspecified atom stereocenters. The first-order valence-corrected chi connectivity index (χ1v) is 7.16. The third kappa shape index (κ3) is 1.55. The standard InChI is InChI=1S/C15H19FN2O/c1-19-15-6-13-12(5-11(15)16)17-7-14-10-4-2-3-9(10)8-18(13)14/h5-6,9-10,14,17H,2-4,7-8H2,1H3. The number of rotatable bonds is 1. The van der Waals surface area contributed by atoms with Crippen LogP contribution < -0.4 is 15.0 Å². The number of nitrogens with one attached hydrogen (secondary N) is 1. The molecule has 2 fully saturated rings. The van der Waals surface area contributed by atoms with Crippen LogP contribution in [0, 0.1) is 17.7 Å². The first-order valence-electron chi connectivity index (χ1n) is 7.16. The summed E-state index contributed by atoms with van der Waals surface area (Å²) in [5.41, 5.74) is 2.03. The van der Waals surface area contributed by atoms with Gasteiger partial charge in [0.25, 0.3) is 0 Å². The van der Waals surface area contributed by atoms with Crippen LogP contribution in [0.4, 0.5) is 15.8 Å². The maximum atomic E-state index is 13.8. The van der Waals surface area contributed by atoms with E-state index in [-0.39, 0.29) is 5.82 Å². The highest BCUT2D eigenvalue weighted by Crippen LogP contribution is 2.48. The van der Waals surface area contributed by atoms with Gasteiger partial charge in [-0.3, -0.25) is 0 Å². The molecular formula is C15H19FN2O. The first-order chi connectivity index (χ1) is 9.28. The number of fused-ring (bicyclic) bond motifs is 5. The maximum absolute atomic E-state index is 13.8. The summed E-state index contributed by atoms with van der Waals surface area (Å²) >= 11 is 0. The van der Waals surface area contributed by atoms with E-state index in [0.717, 1.165) is 36.3 Å². The molecule has 4 rings (SSSR count). The zero-order valence-corrected chi connectivity index (χ0v) is 11.2. The predicted octanol–water partition coefficient (Wildman–Crippen LogP) is 2.86. The van der Waals surface area contributed by atoms with Gasteiger partial charge >= 0.3 is 0 Å². The monoisotopic (exact) mass is 262 g/mol. The van der Waals surface area contributed by atoms with Crippen molar-refractivity contribution in [3.8, 4) is 5.75 Å². The van der Waals surface area contributed by atoms with Gasteiger partial charge in [-0.1, -0.05) is 6.42 Å². The van der Waals surface area contributed by atoms with Crippen molar-refractivity contribution < 1.29 is 9.13 Å². The van der Waals surface area contributed by atoms with Gasteiger partial charge in [-0.2, -0.15) is 0 Å². The molecule has 0 radical (unpaired) electrons. The van der Waals surface area contributed by atoms with E-state index >= 15 is 0 Å². The van der Waals surface area contributed by atoms with E-state index in [1.807, 2.05) is 6.07 Å². The molecule has 0 spiro atoms. The summed E-state index contributed by atoms with van der Waals surface area (Å²) < 4.78 is 18.9. The average Bonchev–Trinajstić information content (AvgIpc) is 2.98. The SMILES string of the molecule is COc1cc2c(cc1F)NCC1C3CCCC3CN21. The Labute approximate surface area is 112 Å². The molecule has 3 atom stereocenters. The van der Waals surface area contributed by atoms with Crippen LogP contribution in [0.5, 0.6) is 5.75 Å². The fraction of sp³-hybridized carbons (Fsp3) is 0.600. The van der Waals surface area contributed by atoms with E-state index in [2.05, 4.69) is 10.2 Å². The molecule has 102 valence electrons. The Morgan fingerprint density at radius 3 is 3.11 bits per heavy atom. The van der Waals surface area contributed by atoms with Gasteiger partial charge in [-0.05, 0) is 24.7 Å². The Hall–Kier alpha value is -1.45. The molecule has 19 heavy (non-hydrogen) atoms. The van der Waals surface area contributed by atoms with Crippen LogP contribution in [-0.4, -0.2) is 26.2 Å². The Bertz CT molecular complexity index is 519. The van der Waals surface area contributed by atoms with E-state index in [1.165, 1.54) is 26.4 Å². The van der Waals surface area contributed by atoms with Gasteiger partial charge in [0.2, 0.25) is 0 Å². The van der Waals surface area contributed by atoms with Gasteiger partial charge in [0, 0.05) is 31.3 Å². The summed E-state index contributed by atoms with van der Waals surface area (Å²) in [7, 11) is 1.53. The summed E-state index contributed by atoms with van der Waals surface area (Å²) in [6, 6.07) is 4.00. The zero-order valence-electron chi connectivity index (χ0n) is 11.2. The molecular weight excluding hydrogens is 243 g/mol. The van der Waals surface area contributed by atoms with E-state index in [0.29, 0.717) is 11.8 Å². The molecule has 1 N–H and O–H groups in total. The molecule has 0 amide bonds. The molecule has 1 aromatic carbocycles. The minimum absolute atomic E-state index is 0.286. The molecule has 0 aromatic heterocycles. The molecule has 1 saturated heterocycles. The van der Waals surface area contributed by atoms with Crippen LogP contribution in [0.25, 0.3) is 0 Å². The number of halogens is 1. The smallest absolute Gasteiger partial charge is 0.167 e. The van der Waals surface area contributed by atoms with Crippen molar-refractivity contribution in [1.82, 2.24) is 0 Å². The first kappa shape index (κ1) is 11.4. The van der Waals surface area contributed by atoms with Crippen LogP contribution in [0.3, 0.4) is 0 Å². The van der Waals surface area contributed by atoms with Crippen molar-refractivity contribution >= 4 is 11.4 Å². The Morgan fingerprint density at radius 2 is 2.26 bits per heavy atom. The third-order valence-corrected chi connectivity index (χ3v) is 5.12. The number of methoxy groups -OCH3 is 1. The minimum atomic E-state index is -0.286. The van der Waals surface area contributed by atoms with Gasteiger partial charge in [0.15, 0.2) is 11.6 Å². The number of anilines is 2. The lowest BCUT2D eigenvalue weighted by Gasteiger charge is -2.36. The molecule has 1 aromatic rings. The van der Waals surface area contributed by atoms with E-state index in [9.17, 15) is 4.39 Å². The summed E-state index contributed by atoms with van der Waals surface area (Å²) in [5.74, 6) is 1.70. The lowest BCUT2D eigenvalue weighted by molar-refractivity contribution is 0.386. The van der Waals surface area contributed by atoms with E-state index < -0.39 is 0 Å². The van der Waals surface area contributed by atoms with Crippen LogP contribution >= 0.6 is 0 Å². The molecule has 0 bridgehead atoms. The van der Waals surface area contributed by atoms with Crippen molar-refractivity contribution in [3.05, 3.63) is 17.9 Å². The Balaban J connectivity index is 1.75. The molecule has 2 aliphatic heterocycles. The quantitative estimate of drug-likeness (QED) is 0.842. The lowest BCUT2D eigenvalue weighted by Crippen LogP contribution is -2.42. The summed E-state index contributed by atoms with van der Waals surface area (Å²) in [4.78, 5) is 2.47. The fourth-order valence-corrected chi connectivity index (χ4v) is 4.25. The summed E-state index contributed by atoms with van der Waals surface area (Å²) in [6.45, 7) is 2.07. The lowest BCUT2D eigenvalue weighted by atomic mass is 9.93. The number of hydrogen-bond donors (Lipinski definition) is 1. The second-order valence-corrected chi connectivity index (χ2v) is 5.96. The maximum Gasteiger partial charge on any atom is 0.167 e. The highest BCUT2D eigenvalue weighted by atomic mass is 19.1. The van der Waals surface area contributed by atoms with Gasteiger partial charge < -0.3 is 15.0 Å². The number of benzene rings is 1. The van der Waals surface area contributed by atoms with E-state index in [1.54, 1.807) is 6.07 Å². The van der Waals surface area contributed by atoms with Crippen LogP contribution in [0.1, 0.15) is 19.3 Å². The van der Waals surface area contributed by atoms with E-state index in [4.69, 9.17) is 4.74 Å². The van der Waals surface area contributed by atoms with Crippen LogP contribution in [0.15, 0.2) is 12.1 Å². The largest absolute Gasteiger partial charge is 0.494 e. The summed E-state index contributed by atoms with van der Waals surface area (Å²) in [6.07, 6.45) is 4.08. The highest BCUT2D eigenvalue weighted by Gasteiger charge is 2.46. The van der Waals surface area contributed by atoms with Gasteiger partial charge in [-0.15, -0.1) is 0 Å². The predicted molar refractivity (Wildman–Crippen MR) is 73.4 cm³/mol. The highest BCUT2D eigenvalue weighted by molar-refractivity contribution is 5.75. The van der Waals surface area contributed by atoms with Gasteiger partial charge in [0.05, 0.1) is 18.5 Å². The van der Waals surface area contributed by atoms with Crippen LogP contribution in [-0.2, 0) is 0 Å². The van der Waals surface area contributed by atoms with Crippen molar-refractivity contribution in [2.75, 3.05) is 30.4 Å². The van der Waals surface area contributed by atoms with Crippen LogP contribution in [0.2, 0.25) is 0 Å². The number of nitrogens with zero attached hydrogens (tertiary/aromatic N) is 1. The summed E-state index contributed by atoms with van der Waals surface area (Å²) in [5, 5.41) is 3.40. The Kier molecular flexibility index (Phi) is 2.41. The van der Waals surface area contributed by atoms with Gasteiger partial charge in [-0.25, -0.2) is 4.39 Å².